The number of esters is 2. The summed E-state index contributed by atoms with van der Waals surface area (Å²) in [6, 6.07) is 6.05. The van der Waals surface area contributed by atoms with Gasteiger partial charge in [-0.1, -0.05) is 26.0 Å². The summed E-state index contributed by atoms with van der Waals surface area (Å²) in [6.45, 7) is 5.60. The van der Waals surface area contributed by atoms with Crippen LogP contribution in [0.3, 0.4) is 0 Å². The minimum atomic E-state index is -3.92. The molecule has 1 aromatic rings. The number of aliphatic hydroxyl groups is 1. The molecule has 14 heteroatoms. The summed E-state index contributed by atoms with van der Waals surface area (Å²) in [5.41, 5.74) is -1.19. The van der Waals surface area contributed by atoms with Crippen molar-refractivity contribution < 1.29 is 55.8 Å². The van der Waals surface area contributed by atoms with Gasteiger partial charge in [-0.2, -0.15) is 8.42 Å². The van der Waals surface area contributed by atoms with Crippen LogP contribution in [0, 0.1) is 5.41 Å². The van der Waals surface area contributed by atoms with Gasteiger partial charge in [0.1, 0.15) is 11.3 Å². The predicted molar refractivity (Wildman–Crippen MR) is 137 cm³/mol. The lowest BCUT2D eigenvalue weighted by Crippen LogP contribution is -2.41. The number of para-hydroxylation sites is 1. The molecule has 0 heterocycles. The minimum Gasteiger partial charge on any atom is -0.464 e. The molecule has 1 rings (SSSR count). The molecule has 39 heavy (non-hydrogen) atoms. The average Bonchev–Trinajstić information content (AvgIpc) is 2.87. The number of carbonyl (C=O) groups is 4. The number of ether oxygens (including phenoxy) is 4. The Balaban J connectivity index is 2.34. The van der Waals surface area contributed by atoms with E-state index in [-0.39, 0.29) is 55.8 Å². The van der Waals surface area contributed by atoms with Gasteiger partial charge in [0.25, 0.3) is 10.1 Å². The number of amides is 1. The summed E-state index contributed by atoms with van der Waals surface area (Å²) in [4.78, 5) is 46.9. The Bertz CT molecular complexity index is 1070. The summed E-state index contributed by atoms with van der Waals surface area (Å²) in [7, 11) is -3.92. The van der Waals surface area contributed by atoms with E-state index >= 15 is 0 Å². The van der Waals surface area contributed by atoms with Crippen molar-refractivity contribution in [3.05, 3.63) is 29.8 Å². The molecule has 0 aromatic heterocycles. The van der Waals surface area contributed by atoms with Crippen molar-refractivity contribution in [2.75, 3.05) is 38.7 Å². The topological polar surface area (TPSA) is 181 Å². The zero-order valence-corrected chi connectivity index (χ0v) is 23.4. The Morgan fingerprint density at radius 3 is 2.28 bits per heavy atom. The van der Waals surface area contributed by atoms with Crippen LogP contribution < -0.4 is 10.1 Å². The van der Waals surface area contributed by atoms with Crippen LogP contribution in [0.5, 0.6) is 5.75 Å². The zero-order valence-electron chi connectivity index (χ0n) is 22.6. The quantitative estimate of drug-likeness (QED) is 0.0907. The number of unbranched alkanes of at least 4 members (excludes halogenated alkanes) is 1. The molecule has 0 saturated heterocycles. The van der Waals surface area contributed by atoms with Crippen molar-refractivity contribution in [2.24, 2.45) is 5.41 Å². The van der Waals surface area contributed by atoms with E-state index in [2.05, 4.69) is 5.32 Å². The van der Waals surface area contributed by atoms with Crippen molar-refractivity contribution in [2.45, 2.75) is 53.1 Å². The third-order valence-electron chi connectivity index (χ3n) is 5.10. The van der Waals surface area contributed by atoms with Gasteiger partial charge in [0.05, 0.1) is 32.2 Å². The minimum absolute atomic E-state index is 0.00625. The number of hydrogen-bond acceptors (Lipinski definition) is 12. The molecule has 1 amide bonds. The van der Waals surface area contributed by atoms with Crippen LogP contribution in [0.4, 0.5) is 4.79 Å². The van der Waals surface area contributed by atoms with E-state index in [1.165, 1.54) is 32.9 Å². The fourth-order valence-electron chi connectivity index (χ4n) is 2.88. The molecular formula is C25H37NO12S. The van der Waals surface area contributed by atoms with Crippen LogP contribution in [0.25, 0.3) is 0 Å². The third kappa shape index (κ3) is 13.4. The molecule has 0 bridgehead atoms. The van der Waals surface area contributed by atoms with Crippen LogP contribution >= 0.6 is 0 Å². The lowest BCUT2D eigenvalue weighted by molar-refractivity contribution is -0.161. The maximum Gasteiger partial charge on any atom is 0.513 e. The van der Waals surface area contributed by atoms with Gasteiger partial charge in [-0.3, -0.25) is 8.98 Å². The van der Waals surface area contributed by atoms with Crippen LogP contribution in [-0.4, -0.2) is 82.4 Å². The van der Waals surface area contributed by atoms with Crippen LogP contribution in [0.2, 0.25) is 0 Å². The molecule has 0 spiro atoms. The van der Waals surface area contributed by atoms with Crippen molar-refractivity contribution >= 4 is 34.1 Å². The fraction of sp³-hybridized carbons (Fsp3) is 0.600. The highest BCUT2D eigenvalue weighted by Crippen LogP contribution is 2.24. The molecular weight excluding hydrogens is 538 g/mol. The van der Waals surface area contributed by atoms with E-state index < -0.39 is 46.3 Å². The van der Waals surface area contributed by atoms with Crippen molar-refractivity contribution in [3.8, 4) is 5.75 Å². The SMILES string of the molecule is CCOC(=O)c1ccccc1OC(=O)OCCCCOC(=O)[C@H](O)C(C)(C)COS(=O)(=O)CCCNC(C)=O. The highest BCUT2D eigenvalue weighted by Gasteiger charge is 2.36. The molecule has 0 radical (unpaired) electrons. The standard InChI is InChI=1S/C25H37NO12S/c1-5-34-22(29)19-11-6-7-12-20(19)38-24(31)36-15-9-8-14-35-23(30)21(28)25(3,4)17-37-39(32,33)16-10-13-26-18(2)27/h6-7,11-12,21,28H,5,8-10,13-17H2,1-4H3,(H,26,27)/t21-/m0/s1. The van der Waals surface area contributed by atoms with Crippen molar-refractivity contribution in [1.82, 2.24) is 5.32 Å². The van der Waals surface area contributed by atoms with Gasteiger partial charge < -0.3 is 29.4 Å². The van der Waals surface area contributed by atoms with Crippen LogP contribution in [0.1, 0.15) is 57.3 Å². The molecule has 2 N–H and O–H groups in total. The highest BCUT2D eigenvalue weighted by atomic mass is 32.2. The fourth-order valence-corrected chi connectivity index (χ4v) is 3.97. The summed E-state index contributed by atoms with van der Waals surface area (Å²) < 4.78 is 48.9. The maximum absolute atomic E-state index is 12.2. The number of rotatable bonds is 17. The Morgan fingerprint density at radius 2 is 1.64 bits per heavy atom. The highest BCUT2D eigenvalue weighted by molar-refractivity contribution is 7.86. The average molecular weight is 576 g/mol. The second-order valence-corrected chi connectivity index (χ2v) is 10.8. The van der Waals surface area contributed by atoms with Gasteiger partial charge in [-0.25, -0.2) is 14.4 Å². The second kappa shape index (κ2) is 16.7. The number of hydrogen-bond donors (Lipinski definition) is 2. The van der Waals surface area contributed by atoms with E-state index in [9.17, 15) is 32.7 Å². The van der Waals surface area contributed by atoms with Crippen molar-refractivity contribution in [1.29, 1.82) is 0 Å². The Morgan fingerprint density at radius 1 is 1.00 bits per heavy atom. The number of nitrogens with one attached hydrogen (secondary N) is 1. The second-order valence-electron chi connectivity index (χ2n) is 9.04. The number of aliphatic hydroxyl groups excluding tert-OH is 1. The summed E-state index contributed by atoms with van der Waals surface area (Å²) in [5, 5.41) is 12.8. The summed E-state index contributed by atoms with van der Waals surface area (Å²) >= 11 is 0. The molecule has 0 saturated carbocycles. The molecule has 13 nitrogen and oxygen atoms in total. The van der Waals surface area contributed by atoms with Gasteiger partial charge in [-0.05, 0) is 38.3 Å². The first kappa shape index (κ1) is 33.8. The Labute approximate surface area is 228 Å². The van der Waals surface area contributed by atoms with E-state index in [0.29, 0.717) is 12.8 Å². The van der Waals surface area contributed by atoms with Gasteiger partial charge in [0.2, 0.25) is 5.91 Å². The normalized spacial score (nSPS) is 12.2. The number of carbonyl (C=O) groups excluding carboxylic acids is 4. The first-order valence-electron chi connectivity index (χ1n) is 12.4. The molecule has 1 atom stereocenters. The molecule has 0 unspecified atom stereocenters. The van der Waals surface area contributed by atoms with E-state index in [0.717, 1.165) is 0 Å². The first-order chi connectivity index (χ1) is 18.3. The molecule has 0 aliphatic heterocycles. The van der Waals surface area contributed by atoms with Crippen LogP contribution in [0.15, 0.2) is 24.3 Å². The van der Waals surface area contributed by atoms with Gasteiger partial charge in [-0.15, -0.1) is 0 Å². The molecule has 0 aliphatic carbocycles. The van der Waals surface area contributed by atoms with Gasteiger partial charge >= 0.3 is 18.1 Å². The summed E-state index contributed by atoms with van der Waals surface area (Å²) in [5.74, 6) is -2.21. The molecule has 220 valence electrons. The number of benzene rings is 1. The van der Waals surface area contributed by atoms with Crippen molar-refractivity contribution in [3.63, 3.8) is 0 Å². The Kier molecular flexibility index (Phi) is 14.4. The Hall–Kier alpha value is -3.23. The van der Waals surface area contributed by atoms with Gasteiger partial charge in [0.15, 0.2) is 6.10 Å². The summed E-state index contributed by atoms with van der Waals surface area (Å²) in [6.07, 6.45) is -1.93. The maximum atomic E-state index is 12.2. The van der Waals surface area contributed by atoms with E-state index in [4.69, 9.17) is 23.1 Å². The molecule has 1 aromatic carbocycles. The van der Waals surface area contributed by atoms with Gasteiger partial charge in [0, 0.05) is 18.9 Å². The van der Waals surface area contributed by atoms with E-state index in [1.54, 1.807) is 19.1 Å². The zero-order chi connectivity index (χ0) is 29.5. The largest absolute Gasteiger partial charge is 0.513 e. The smallest absolute Gasteiger partial charge is 0.464 e. The van der Waals surface area contributed by atoms with Crippen LogP contribution in [-0.2, 0) is 38.1 Å². The molecule has 0 aliphatic rings. The lowest BCUT2D eigenvalue weighted by atomic mass is 9.88. The molecule has 0 fully saturated rings. The van der Waals surface area contributed by atoms with E-state index in [1.807, 2.05) is 0 Å². The first-order valence-corrected chi connectivity index (χ1v) is 13.9. The third-order valence-corrected chi connectivity index (χ3v) is 6.36. The predicted octanol–water partition coefficient (Wildman–Crippen LogP) is 1.96. The monoisotopic (exact) mass is 575 g/mol. The lowest BCUT2D eigenvalue weighted by Gasteiger charge is -2.28.